The van der Waals surface area contributed by atoms with Crippen molar-refractivity contribution in [2.75, 3.05) is 7.11 Å². The highest BCUT2D eigenvalue weighted by Crippen LogP contribution is 2.74. The van der Waals surface area contributed by atoms with Crippen molar-refractivity contribution in [2.24, 2.45) is 39.9 Å². The van der Waals surface area contributed by atoms with Crippen LogP contribution in [0.5, 0.6) is 5.75 Å². The molecule has 0 bridgehead atoms. The van der Waals surface area contributed by atoms with Gasteiger partial charge in [0.05, 0.1) is 18.8 Å². The maximum atomic E-state index is 14.8. The van der Waals surface area contributed by atoms with Gasteiger partial charge in [-0.15, -0.1) is 0 Å². The highest BCUT2D eigenvalue weighted by molar-refractivity contribution is 5.90. The number of aromatic amines is 1. The van der Waals surface area contributed by atoms with Crippen LogP contribution in [0.15, 0.2) is 29.8 Å². The van der Waals surface area contributed by atoms with E-state index in [-0.39, 0.29) is 22.2 Å². The maximum absolute atomic E-state index is 14.8. The first-order valence-electron chi connectivity index (χ1n) is 16.3. The van der Waals surface area contributed by atoms with E-state index in [0.29, 0.717) is 36.4 Å². The zero-order valence-electron chi connectivity index (χ0n) is 27.4. The topological polar surface area (TPSA) is 82.6 Å². The summed E-state index contributed by atoms with van der Waals surface area (Å²) in [6, 6.07) is 6.32. The van der Waals surface area contributed by atoms with Gasteiger partial charge in [0.15, 0.2) is 0 Å². The first-order valence-corrected chi connectivity index (χ1v) is 16.3. The molecule has 42 heavy (non-hydrogen) atoms. The molecular formula is C37H53NO4. The SMILES string of the molecule is COc1ccc2[nH]c3c(c2c1)C[C@@H]1C(=CC[C@@H]2[C@@]1(C)C(=O)C[C@]1(C)[C@@H]([C@H](C)CC[C@@H](O)C(C)(C)O)CC[C@@]21C)C3(C)C. The lowest BCUT2D eigenvalue weighted by Crippen LogP contribution is -2.63. The maximum Gasteiger partial charge on any atom is 0.140 e. The van der Waals surface area contributed by atoms with Crippen molar-refractivity contribution in [3.63, 3.8) is 0 Å². The Balaban J connectivity index is 1.36. The Morgan fingerprint density at radius 1 is 1.12 bits per heavy atom. The number of methoxy groups -OCH3 is 1. The molecule has 0 radical (unpaired) electrons. The summed E-state index contributed by atoms with van der Waals surface area (Å²) in [5, 5.41) is 22.1. The summed E-state index contributed by atoms with van der Waals surface area (Å²) in [4.78, 5) is 18.5. The van der Waals surface area contributed by atoms with Gasteiger partial charge in [-0.2, -0.15) is 0 Å². The summed E-state index contributed by atoms with van der Waals surface area (Å²) in [6.45, 7) is 17.6. The molecule has 0 saturated heterocycles. The van der Waals surface area contributed by atoms with E-state index in [9.17, 15) is 15.0 Å². The number of benzene rings is 1. The van der Waals surface area contributed by atoms with Gasteiger partial charge in [0.1, 0.15) is 11.5 Å². The Morgan fingerprint density at radius 3 is 2.50 bits per heavy atom. The van der Waals surface area contributed by atoms with E-state index < -0.39 is 17.1 Å². The number of H-pyrrole nitrogens is 1. The highest BCUT2D eigenvalue weighted by Gasteiger charge is 2.70. The van der Waals surface area contributed by atoms with Crippen LogP contribution in [0, 0.1) is 39.9 Å². The van der Waals surface area contributed by atoms with Crippen LogP contribution in [0.3, 0.4) is 0 Å². The largest absolute Gasteiger partial charge is 0.497 e. The molecule has 230 valence electrons. The molecule has 0 unspecified atom stereocenters. The van der Waals surface area contributed by atoms with Gasteiger partial charge >= 0.3 is 0 Å². The van der Waals surface area contributed by atoms with Crippen LogP contribution in [-0.2, 0) is 16.6 Å². The number of aromatic nitrogens is 1. The number of hydrogen-bond acceptors (Lipinski definition) is 4. The summed E-state index contributed by atoms with van der Waals surface area (Å²) >= 11 is 0. The molecule has 0 aliphatic heterocycles. The Morgan fingerprint density at radius 2 is 1.83 bits per heavy atom. The number of hydrogen-bond donors (Lipinski definition) is 3. The molecule has 0 spiro atoms. The third-order valence-electron chi connectivity index (χ3n) is 13.7. The van der Waals surface area contributed by atoms with Crippen LogP contribution in [0.1, 0.15) is 105 Å². The lowest BCUT2D eigenvalue weighted by molar-refractivity contribution is -0.168. The predicted molar refractivity (Wildman–Crippen MR) is 169 cm³/mol. The van der Waals surface area contributed by atoms with Crippen molar-refractivity contribution in [3.05, 3.63) is 41.1 Å². The summed E-state index contributed by atoms with van der Waals surface area (Å²) in [6.07, 6.45) is 8.02. The number of ketones is 1. The molecule has 1 aromatic heterocycles. The van der Waals surface area contributed by atoms with E-state index in [1.54, 1.807) is 21.0 Å². The van der Waals surface area contributed by atoms with E-state index >= 15 is 0 Å². The number of allylic oxidation sites excluding steroid dienone is 2. The molecule has 4 aliphatic rings. The van der Waals surface area contributed by atoms with Gasteiger partial charge in [-0.05, 0) is 111 Å². The summed E-state index contributed by atoms with van der Waals surface area (Å²) in [7, 11) is 1.72. The lowest BCUT2D eigenvalue weighted by Gasteiger charge is -2.64. The van der Waals surface area contributed by atoms with Crippen LogP contribution in [0.2, 0.25) is 0 Å². The molecule has 3 N–H and O–H groups in total. The number of Topliss-reactive ketones (excluding diaryl/α,β-unsaturated/α-hetero) is 1. The number of ether oxygens (including phenoxy) is 1. The van der Waals surface area contributed by atoms with Gasteiger partial charge in [-0.3, -0.25) is 4.79 Å². The second kappa shape index (κ2) is 9.44. The minimum absolute atomic E-state index is 0.0673. The minimum atomic E-state index is -1.09. The number of nitrogens with one attached hydrogen (secondary N) is 1. The van der Waals surface area contributed by atoms with Crippen molar-refractivity contribution < 1.29 is 19.7 Å². The van der Waals surface area contributed by atoms with Crippen molar-refractivity contribution in [3.8, 4) is 5.75 Å². The number of carbonyl (C=O) groups excluding carboxylic acids is 1. The van der Waals surface area contributed by atoms with E-state index in [1.165, 1.54) is 22.2 Å². The molecule has 1 heterocycles. The average Bonchev–Trinajstić information content (AvgIpc) is 3.42. The summed E-state index contributed by atoms with van der Waals surface area (Å²) in [5.41, 5.74) is 3.57. The van der Waals surface area contributed by atoms with Crippen molar-refractivity contribution in [1.82, 2.24) is 4.98 Å². The Kier molecular flexibility index (Phi) is 6.73. The van der Waals surface area contributed by atoms with E-state index in [0.717, 1.165) is 43.4 Å². The smallest absolute Gasteiger partial charge is 0.140 e. The van der Waals surface area contributed by atoms with Gasteiger partial charge in [0, 0.05) is 33.8 Å². The highest BCUT2D eigenvalue weighted by atomic mass is 16.5. The second-order valence-corrected chi connectivity index (χ2v) is 16.3. The fourth-order valence-electron chi connectivity index (χ4n) is 10.8. The van der Waals surface area contributed by atoms with Gasteiger partial charge in [0.25, 0.3) is 0 Å². The monoisotopic (exact) mass is 575 g/mol. The first kappa shape index (κ1) is 29.9. The quantitative estimate of drug-likeness (QED) is 0.311. The van der Waals surface area contributed by atoms with Crippen LogP contribution >= 0.6 is 0 Å². The van der Waals surface area contributed by atoms with Crippen LogP contribution < -0.4 is 4.74 Å². The molecule has 1 aromatic carbocycles. The van der Waals surface area contributed by atoms with Crippen molar-refractivity contribution >= 4 is 16.7 Å². The van der Waals surface area contributed by atoms with Crippen molar-refractivity contribution in [2.45, 2.75) is 117 Å². The number of carbonyl (C=O) groups is 1. The van der Waals surface area contributed by atoms with E-state index in [1.807, 2.05) is 6.07 Å². The van der Waals surface area contributed by atoms with Crippen LogP contribution in [-0.4, -0.2) is 39.8 Å². The zero-order valence-corrected chi connectivity index (χ0v) is 27.4. The number of rotatable bonds is 6. The number of aliphatic hydroxyl groups is 2. The Hall–Kier alpha value is -2.11. The predicted octanol–water partition coefficient (Wildman–Crippen LogP) is 7.52. The number of aliphatic hydroxyl groups excluding tert-OH is 1. The molecule has 8 atom stereocenters. The van der Waals surface area contributed by atoms with Gasteiger partial charge in [0.2, 0.25) is 0 Å². The van der Waals surface area contributed by atoms with Gasteiger partial charge in [-0.1, -0.05) is 53.2 Å². The number of fused-ring (bicyclic) bond motifs is 8. The fourth-order valence-corrected chi connectivity index (χ4v) is 10.8. The molecule has 2 fully saturated rings. The van der Waals surface area contributed by atoms with Gasteiger partial charge in [-0.25, -0.2) is 0 Å². The zero-order chi connectivity index (χ0) is 30.6. The Bertz CT molecular complexity index is 1440. The Labute approximate surface area is 252 Å². The van der Waals surface area contributed by atoms with Crippen LogP contribution in [0.4, 0.5) is 0 Å². The van der Waals surface area contributed by atoms with Gasteiger partial charge < -0.3 is 19.9 Å². The second-order valence-electron chi connectivity index (χ2n) is 16.3. The molecule has 2 saturated carbocycles. The fraction of sp³-hybridized carbons (Fsp3) is 0.703. The van der Waals surface area contributed by atoms with E-state index in [2.05, 4.69) is 64.7 Å². The minimum Gasteiger partial charge on any atom is -0.497 e. The third kappa shape index (κ3) is 3.91. The van der Waals surface area contributed by atoms with Crippen LogP contribution in [0.25, 0.3) is 10.9 Å². The molecule has 6 rings (SSSR count). The summed E-state index contributed by atoms with van der Waals surface area (Å²) < 4.78 is 5.61. The molecule has 5 nitrogen and oxygen atoms in total. The average molecular weight is 576 g/mol. The molecular weight excluding hydrogens is 522 g/mol. The summed E-state index contributed by atoms with van der Waals surface area (Å²) in [5.74, 6) is 2.64. The lowest BCUT2D eigenvalue weighted by atomic mass is 9.38. The first-order chi connectivity index (χ1) is 19.5. The van der Waals surface area contributed by atoms with E-state index in [4.69, 9.17) is 4.74 Å². The standard InChI is InChI=1S/C37H53NO4/c1-21(10-15-30(39)34(4,5)41)25-16-17-35(6)29-14-12-26-27(37(29,8)31(40)20-36(25,35)7)19-24-23-18-22(42-9)11-13-28(23)38-32(24)33(26,2)3/h11-13,18,21,25,27,29-30,38-39,41H,10,14-17,19-20H2,1-9H3/t21-,25-,27-,29+,30-,35+,36-,37+/m1/s1. The molecule has 2 aromatic rings. The molecule has 0 amide bonds. The molecule has 5 heteroatoms. The normalized spacial score (nSPS) is 36.9. The third-order valence-corrected chi connectivity index (χ3v) is 13.7. The molecule has 4 aliphatic carbocycles. The van der Waals surface area contributed by atoms with Crippen molar-refractivity contribution in [1.29, 1.82) is 0 Å².